The van der Waals surface area contributed by atoms with Gasteiger partial charge in [-0.3, -0.25) is 19.1 Å². The number of benzene rings is 2. The molecule has 4 heterocycles. The molecule has 8 rings (SSSR count). The van der Waals surface area contributed by atoms with Crippen molar-refractivity contribution in [2.45, 2.75) is 93.2 Å². The van der Waals surface area contributed by atoms with Gasteiger partial charge < -0.3 is 29.4 Å². The van der Waals surface area contributed by atoms with Gasteiger partial charge in [0.15, 0.2) is 17.9 Å². The molecule has 2 aromatic heterocycles. The first-order valence-corrected chi connectivity index (χ1v) is 20.5. The highest BCUT2D eigenvalue weighted by molar-refractivity contribution is 7.91. The molecule has 4 aliphatic rings. The normalized spacial score (nSPS) is 26.3. The van der Waals surface area contributed by atoms with Gasteiger partial charge in [0.05, 0.1) is 17.3 Å². The van der Waals surface area contributed by atoms with E-state index in [1.54, 1.807) is 18.2 Å². The van der Waals surface area contributed by atoms with Crippen molar-refractivity contribution in [1.82, 2.24) is 25.2 Å². The van der Waals surface area contributed by atoms with Crippen molar-refractivity contribution >= 4 is 66.8 Å². The number of hydrogen-bond acceptors (Lipinski definition) is 10. The van der Waals surface area contributed by atoms with E-state index in [1.165, 1.54) is 23.1 Å². The predicted octanol–water partition coefficient (Wildman–Crippen LogP) is 4.99. The van der Waals surface area contributed by atoms with Crippen molar-refractivity contribution in [3.8, 4) is 5.75 Å². The Hall–Kier alpha value is -5.39. The lowest BCUT2D eigenvalue weighted by Gasteiger charge is -2.29. The number of furan rings is 1. The lowest BCUT2D eigenvalue weighted by Crippen LogP contribution is -2.58. The van der Waals surface area contributed by atoms with E-state index in [4.69, 9.17) is 14.1 Å². The molecule has 5 atom stereocenters. The number of pyridine rings is 1. The molecule has 0 bridgehead atoms. The molecule has 2 aromatic carbocycles. The van der Waals surface area contributed by atoms with E-state index < -0.39 is 87.6 Å². The van der Waals surface area contributed by atoms with Crippen LogP contribution >= 0.6 is 0 Å². The Labute approximate surface area is 324 Å². The standard InChI is InChI=1S/C39H40F3N5O9S/c40-22-12-15-27-26(16-22)33(34-32(43-27)25-9-6-7-11-30(25)56-34)55-23-17-29-35(48)45-39(37(50)46-57(52,53)24-13-14-24)18-21(39)8-4-2-1-3-5-10-28(36(49)47(29)19-23)44-38(51)54-20-31(41)42/h4,6-9,11-12,15-16,21,23-24,28-29,31H,1-3,5,10,13-14,17-20H2,(H,44,51)(H,45,48)(H,46,50)/b8-4-/t21-,23-,28+,29+,39-/m1/s1. The van der Waals surface area contributed by atoms with Crippen molar-refractivity contribution in [2.24, 2.45) is 5.92 Å². The minimum atomic E-state index is -3.98. The van der Waals surface area contributed by atoms with Crippen LogP contribution in [0.4, 0.5) is 18.0 Å². The molecule has 18 heteroatoms. The van der Waals surface area contributed by atoms with Gasteiger partial charge in [-0.15, -0.1) is 0 Å². The molecule has 302 valence electrons. The van der Waals surface area contributed by atoms with E-state index in [-0.39, 0.29) is 42.5 Å². The smallest absolute Gasteiger partial charge is 0.407 e. The minimum Gasteiger partial charge on any atom is -0.484 e. The van der Waals surface area contributed by atoms with E-state index in [9.17, 15) is 40.8 Å². The largest absolute Gasteiger partial charge is 0.484 e. The fourth-order valence-electron chi connectivity index (χ4n) is 7.78. The number of nitrogens with one attached hydrogen (secondary N) is 3. The maximum Gasteiger partial charge on any atom is 0.407 e. The molecule has 3 N–H and O–H groups in total. The number of allylic oxidation sites excluding steroid dienone is 1. The average molecular weight is 812 g/mol. The number of hydrogen-bond donors (Lipinski definition) is 3. The number of nitrogens with zero attached hydrogens (tertiary/aromatic N) is 2. The fraction of sp³-hybridized carbons (Fsp3) is 0.462. The Morgan fingerprint density at radius 1 is 1.07 bits per heavy atom. The molecule has 0 unspecified atom stereocenters. The highest BCUT2D eigenvalue weighted by atomic mass is 32.2. The first-order valence-electron chi connectivity index (χ1n) is 19.0. The van der Waals surface area contributed by atoms with Gasteiger partial charge in [-0.05, 0) is 68.9 Å². The molecule has 2 aliphatic carbocycles. The van der Waals surface area contributed by atoms with Crippen molar-refractivity contribution in [3.05, 3.63) is 60.4 Å². The number of para-hydroxylation sites is 1. The van der Waals surface area contributed by atoms with E-state index in [0.717, 1.165) is 0 Å². The number of ether oxygens (including phenoxy) is 2. The molecule has 4 aromatic rings. The minimum absolute atomic E-state index is 0.0879. The van der Waals surface area contributed by atoms with Crippen molar-refractivity contribution in [2.75, 3.05) is 13.2 Å². The number of fused-ring (bicyclic) bond motifs is 6. The number of carbonyl (C=O) groups is 4. The number of alkyl halides is 2. The number of rotatable bonds is 8. The van der Waals surface area contributed by atoms with Crippen molar-refractivity contribution in [1.29, 1.82) is 0 Å². The Morgan fingerprint density at radius 3 is 2.67 bits per heavy atom. The Kier molecular flexibility index (Phi) is 10.2. The van der Waals surface area contributed by atoms with E-state index in [1.807, 2.05) is 18.2 Å². The second kappa shape index (κ2) is 15.2. The topological polar surface area (TPSA) is 186 Å². The highest BCUT2D eigenvalue weighted by Gasteiger charge is 2.62. The van der Waals surface area contributed by atoms with Gasteiger partial charge in [0.2, 0.25) is 21.8 Å². The lowest BCUT2D eigenvalue weighted by molar-refractivity contribution is -0.141. The van der Waals surface area contributed by atoms with Gasteiger partial charge in [0.1, 0.15) is 40.6 Å². The fourth-order valence-corrected chi connectivity index (χ4v) is 9.14. The van der Waals surface area contributed by atoms with Crippen LogP contribution in [0.1, 0.15) is 57.8 Å². The molecule has 1 saturated heterocycles. The maximum atomic E-state index is 14.8. The van der Waals surface area contributed by atoms with Crippen molar-refractivity contribution in [3.63, 3.8) is 0 Å². The summed E-state index contributed by atoms with van der Waals surface area (Å²) in [6.07, 6.45) is 1.69. The van der Waals surface area contributed by atoms with Gasteiger partial charge in [-0.25, -0.2) is 31.4 Å². The van der Waals surface area contributed by atoms with Crippen LogP contribution in [-0.4, -0.2) is 90.7 Å². The zero-order chi connectivity index (χ0) is 40.1. The van der Waals surface area contributed by atoms with Crippen molar-refractivity contribution < 1.29 is 54.7 Å². The van der Waals surface area contributed by atoms with Crippen LogP contribution < -0.4 is 20.1 Å². The highest BCUT2D eigenvalue weighted by Crippen LogP contribution is 2.46. The Balaban J connectivity index is 1.15. The first kappa shape index (κ1) is 38.5. The Bertz CT molecular complexity index is 2400. The molecule has 2 saturated carbocycles. The predicted molar refractivity (Wildman–Crippen MR) is 199 cm³/mol. The molecule has 14 nitrogen and oxygen atoms in total. The summed E-state index contributed by atoms with van der Waals surface area (Å²) in [5, 5.41) is 5.41. The van der Waals surface area contributed by atoms with Gasteiger partial charge >= 0.3 is 6.09 Å². The molecule has 57 heavy (non-hydrogen) atoms. The quantitative estimate of drug-likeness (QED) is 0.205. The molecule has 3 fully saturated rings. The number of amides is 4. The maximum absolute atomic E-state index is 14.8. The van der Waals surface area contributed by atoms with Crippen LogP contribution in [0.15, 0.2) is 59.0 Å². The summed E-state index contributed by atoms with van der Waals surface area (Å²) in [5.74, 6) is -3.39. The lowest BCUT2D eigenvalue weighted by atomic mass is 10.1. The van der Waals surface area contributed by atoms with Crippen LogP contribution in [0.25, 0.3) is 33.0 Å². The zero-order valence-corrected chi connectivity index (χ0v) is 31.4. The molecular weight excluding hydrogens is 772 g/mol. The van der Waals surface area contributed by atoms with Gasteiger partial charge in [0, 0.05) is 23.1 Å². The van der Waals surface area contributed by atoms with E-state index in [0.29, 0.717) is 60.5 Å². The zero-order valence-electron chi connectivity index (χ0n) is 30.5. The number of halogens is 3. The van der Waals surface area contributed by atoms with Crippen LogP contribution in [0, 0.1) is 11.7 Å². The SMILES string of the molecule is O=C(N[C@H]1CCCCC/C=C\[C@@H]2C[C@@]2(C(=O)NS(=O)(=O)C2CC2)NC(=O)[C@@H]2C[C@@H](Oc3c4cc(F)ccc4nc4c3oc3ccccc34)CN2C1=O)OCC(F)F. The van der Waals surface area contributed by atoms with Crippen LogP contribution in [0.5, 0.6) is 5.75 Å². The molecule has 0 spiro atoms. The third kappa shape index (κ3) is 7.83. The summed E-state index contributed by atoms with van der Waals surface area (Å²) < 4.78 is 85.8. The molecule has 2 aliphatic heterocycles. The first-order chi connectivity index (χ1) is 27.3. The number of alkyl carbamates (subject to hydrolysis) is 1. The van der Waals surface area contributed by atoms with Gasteiger partial charge in [-0.2, -0.15) is 0 Å². The van der Waals surface area contributed by atoms with Crippen LogP contribution in [-0.2, 0) is 29.1 Å². The van der Waals surface area contributed by atoms with Gasteiger partial charge in [-0.1, -0.05) is 37.1 Å². The monoisotopic (exact) mass is 811 g/mol. The van der Waals surface area contributed by atoms with Crippen LogP contribution in [0.2, 0.25) is 0 Å². The summed E-state index contributed by atoms with van der Waals surface area (Å²) in [6.45, 7) is -1.43. The number of aromatic nitrogens is 1. The number of sulfonamides is 1. The summed E-state index contributed by atoms with van der Waals surface area (Å²) >= 11 is 0. The second-order valence-electron chi connectivity index (χ2n) is 15.1. The van der Waals surface area contributed by atoms with E-state index in [2.05, 4.69) is 20.1 Å². The van der Waals surface area contributed by atoms with E-state index >= 15 is 0 Å². The molecular formula is C39H40F3N5O9S. The average Bonchev–Trinajstić information content (AvgIpc) is 4.08. The summed E-state index contributed by atoms with van der Waals surface area (Å²) in [6, 6.07) is 8.50. The molecule has 0 radical (unpaired) electrons. The summed E-state index contributed by atoms with van der Waals surface area (Å²) in [5.41, 5.74) is -0.104. The second-order valence-corrected chi connectivity index (χ2v) is 17.0. The summed E-state index contributed by atoms with van der Waals surface area (Å²) in [4.78, 5) is 61.2. The summed E-state index contributed by atoms with van der Waals surface area (Å²) in [7, 11) is -3.98. The third-order valence-corrected chi connectivity index (χ3v) is 12.8. The van der Waals surface area contributed by atoms with Gasteiger partial charge in [0.25, 0.3) is 12.3 Å². The molecule has 4 amide bonds. The number of carbonyl (C=O) groups excluding carboxylic acids is 4. The Morgan fingerprint density at radius 2 is 1.88 bits per heavy atom. The van der Waals surface area contributed by atoms with Crippen LogP contribution in [0.3, 0.4) is 0 Å². The third-order valence-electron chi connectivity index (χ3n) is 11.0.